The number of halogens is 1. The third kappa shape index (κ3) is 2.28. The van der Waals surface area contributed by atoms with Crippen molar-refractivity contribution in [3.05, 3.63) is 47.1 Å². The van der Waals surface area contributed by atoms with Crippen LogP contribution in [0.2, 0.25) is 5.15 Å². The molecule has 0 fully saturated rings. The van der Waals surface area contributed by atoms with Gasteiger partial charge in [-0.05, 0) is 12.1 Å². The van der Waals surface area contributed by atoms with Gasteiger partial charge in [0.05, 0.1) is 5.52 Å². The Morgan fingerprint density at radius 3 is 2.94 bits per heavy atom. The van der Waals surface area contributed by atoms with Crippen LogP contribution >= 0.6 is 11.6 Å². The van der Waals surface area contributed by atoms with Gasteiger partial charge < -0.3 is 4.79 Å². The Labute approximate surface area is 98.6 Å². The summed E-state index contributed by atoms with van der Waals surface area (Å²) in [5, 5.41) is 1.50. The molecule has 0 bridgehead atoms. The maximum absolute atomic E-state index is 10.2. The smallest absolute Gasteiger partial charge is 0.136 e. The molecule has 0 radical (unpaired) electrons. The maximum Gasteiger partial charge on any atom is 0.136 e. The topological polar surface area (TPSA) is 30.0 Å². The molecule has 2 aromatic rings. The van der Waals surface area contributed by atoms with E-state index in [-0.39, 0.29) is 0 Å². The molecule has 2 nitrogen and oxygen atoms in total. The average Bonchev–Trinajstić information content (AvgIpc) is 2.30. The molecule has 3 heteroatoms. The van der Waals surface area contributed by atoms with E-state index in [1.807, 2.05) is 36.4 Å². The third-order valence-corrected chi connectivity index (χ3v) is 2.54. The molecule has 0 spiro atoms. The van der Waals surface area contributed by atoms with Gasteiger partial charge in [-0.25, -0.2) is 4.98 Å². The number of hydrogen-bond acceptors (Lipinski definition) is 2. The number of rotatable bonds is 3. The molecule has 0 amide bonds. The number of hydrogen-bond donors (Lipinski definition) is 0. The van der Waals surface area contributed by atoms with Crippen LogP contribution in [0.4, 0.5) is 0 Å². The van der Waals surface area contributed by atoms with Gasteiger partial charge in [-0.15, -0.1) is 0 Å². The van der Waals surface area contributed by atoms with Crippen LogP contribution in [0.25, 0.3) is 17.0 Å². The fraction of sp³-hybridized carbons (Fsp3) is 0.0769. The molecule has 1 aromatic carbocycles. The summed E-state index contributed by atoms with van der Waals surface area (Å²) >= 11 is 6.03. The summed E-state index contributed by atoms with van der Waals surface area (Å²) in [7, 11) is 0. The predicted molar refractivity (Wildman–Crippen MR) is 66.5 cm³/mol. The van der Waals surface area contributed by atoms with Gasteiger partial charge in [0.15, 0.2) is 0 Å². The second kappa shape index (κ2) is 4.90. The highest BCUT2D eigenvalue weighted by molar-refractivity contribution is 6.31. The highest BCUT2D eigenvalue weighted by Gasteiger charge is 2.01. The monoisotopic (exact) mass is 231 g/mol. The Morgan fingerprint density at radius 2 is 2.12 bits per heavy atom. The number of aromatic nitrogens is 1. The third-order valence-electron chi connectivity index (χ3n) is 2.23. The molecule has 0 unspecified atom stereocenters. The largest absolute Gasteiger partial charge is 0.303 e. The first-order chi connectivity index (χ1) is 7.81. The highest BCUT2D eigenvalue weighted by Crippen LogP contribution is 2.21. The number of pyridine rings is 1. The summed E-state index contributed by atoms with van der Waals surface area (Å²) in [5.41, 5.74) is 1.71. The molecule has 0 atom stereocenters. The minimum atomic E-state index is 0.392. The first kappa shape index (κ1) is 10.8. The summed E-state index contributed by atoms with van der Waals surface area (Å²) in [5.74, 6) is 0. The molecule has 0 saturated carbocycles. The molecule has 1 heterocycles. The molecule has 0 aliphatic heterocycles. The normalized spacial score (nSPS) is 11.1. The lowest BCUT2D eigenvalue weighted by molar-refractivity contribution is -0.107. The number of fused-ring (bicyclic) bond motifs is 1. The van der Waals surface area contributed by atoms with E-state index in [0.29, 0.717) is 11.6 Å². The minimum absolute atomic E-state index is 0.392. The van der Waals surface area contributed by atoms with Crippen molar-refractivity contribution < 1.29 is 4.79 Å². The molecule has 0 N–H and O–H groups in total. The van der Waals surface area contributed by atoms with Crippen LogP contribution in [-0.4, -0.2) is 11.3 Å². The molecule has 1 aromatic heterocycles. The molecule has 16 heavy (non-hydrogen) atoms. The summed E-state index contributed by atoms with van der Waals surface area (Å²) < 4.78 is 0. The molecular formula is C13H10ClNO. The fourth-order valence-electron chi connectivity index (χ4n) is 1.48. The lowest BCUT2D eigenvalue weighted by Gasteiger charge is -2.01. The second-order valence-electron chi connectivity index (χ2n) is 3.37. The SMILES string of the molecule is O=CCC=Cc1cc2ccccc2nc1Cl. The average molecular weight is 232 g/mol. The molecular weight excluding hydrogens is 222 g/mol. The van der Waals surface area contributed by atoms with Crippen molar-refractivity contribution in [1.82, 2.24) is 4.98 Å². The number of para-hydroxylation sites is 1. The van der Waals surface area contributed by atoms with Crippen LogP contribution in [0, 0.1) is 0 Å². The Balaban J connectivity index is 2.45. The minimum Gasteiger partial charge on any atom is -0.303 e. The summed E-state index contributed by atoms with van der Waals surface area (Å²) in [6, 6.07) is 9.74. The summed E-state index contributed by atoms with van der Waals surface area (Å²) in [6.07, 6.45) is 4.82. The van der Waals surface area contributed by atoms with Crippen molar-refractivity contribution in [3.63, 3.8) is 0 Å². The number of carbonyl (C=O) groups excluding carboxylic acids is 1. The van der Waals surface area contributed by atoms with Gasteiger partial charge in [0.1, 0.15) is 11.4 Å². The van der Waals surface area contributed by atoms with Gasteiger partial charge in [0.2, 0.25) is 0 Å². The predicted octanol–water partition coefficient (Wildman–Crippen LogP) is 3.49. The molecule has 0 aliphatic carbocycles. The summed E-state index contributed by atoms with van der Waals surface area (Å²) in [4.78, 5) is 14.5. The molecule has 0 aliphatic rings. The quantitative estimate of drug-likeness (QED) is 0.598. The van der Waals surface area contributed by atoms with Crippen molar-refractivity contribution in [2.45, 2.75) is 6.42 Å². The van der Waals surface area contributed by atoms with Gasteiger partial charge in [-0.2, -0.15) is 0 Å². The van der Waals surface area contributed by atoms with Gasteiger partial charge in [-0.1, -0.05) is 42.0 Å². The Morgan fingerprint density at radius 1 is 1.31 bits per heavy atom. The Hall–Kier alpha value is -1.67. The van der Waals surface area contributed by atoms with E-state index in [9.17, 15) is 4.79 Å². The van der Waals surface area contributed by atoms with Crippen molar-refractivity contribution in [2.24, 2.45) is 0 Å². The number of aldehydes is 1. The summed E-state index contributed by atoms with van der Waals surface area (Å²) in [6.45, 7) is 0. The van der Waals surface area contributed by atoms with Crippen LogP contribution in [0.3, 0.4) is 0 Å². The van der Waals surface area contributed by atoms with Crippen molar-refractivity contribution in [3.8, 4) is 0 Å². The zero-order valence-corrected chi connectivity index (χ0v) is 9.32. The second-order valence-corrected chi connectivity index (χ2v) is 3.72. The standard InChI is InChI=1S/C13H10ClNO/c14-13-11(6-3-4-8-16)9-10-5-1-2-7-12(10)15-13/h1-3,5-9H,4H2. The van der Waals surface area contributed by atoms with Crippen LogP contribution < -0.4 is 0 Å². The van der Waals surface area contributed by atoms with Crippen LogP contribution in [-0.2, 0) is 4.79 Å². The van der Waals surface area contributed by atoms with E-state index < -0.39 is 0 Å². The number of nitrogens with zero attached hydrogens (tertiary/aromatic N) is 1. The molecule has 2 rings (SSSR count). The van der Waals surface area contributed by atoms with Gasteiger partial charge in [-0.3, -0.25) is 0 Å². The van der Waals surface area contributed by atoms with E-state index in [0.717, 1.165) is 22.8 Å². The zero-order valence-electron chi connectivity index (χ0n) is 8.56. The lowest BCUT2D eigenvalue weighted by atomic mass is 10.1. The van der Waals surface area contributed by atoms with Crippen LogP contribution in [0.1, 0.15) is 12.0 Å². The van der Waals surface area contributed by atoms with Gasteiger partial charge in [0, 0.05) is 17.4 Å². The van der Waals surface area contributed by atoms with E-state index in [2.05, 4.69) is 4.98 Å². The van der Waals surface area contributed by atoms with Crippen molar-refractivity contribution >= 4 is 34.9 Å². The fourth-order valence-corrected chi connectivity index (χ4v) is 1.68. The number of carbonyl (C=O) groups is 1. The van der Waals surface area contributed by atoms with Crippen LogP contribution in [0.5, 0.6) is 0 Å². The number of allylic oxidation sites excluding steroid dienone is 1. The van der Waals surface area contributed by atoms with E-state index in [1.165, 1.54) is 0 Å². The Kier molecular flexibility index (Phi) is 3.32. The first-order valence-corrected chi connectivity index (χ1v) is 5.34. The Bertz CT molecular complexity index is 549. The van der Waals surface area contributed by atoms with E-state index in [4.69, 9.17) is 11.6 Å². The highest BCUT2D eigenvalue weighted by atomic mass is 35.5. The molecule has 80 valence electrons. The lowest BCUT2D eigenvalue weighted by Crippen LogP contribution is -1.84. The zero-order chi connectivity index (χ0) is 11.4. The van der Waals surface area contributed by atoms with E-state index in [1.54, 1.807) is 6.08 Å². The molecule has 0 saturated heterocycles. The number of benzene rings is 1. The maximum atomic E-state index is 10.2. The van der Waals surface area contributed by atoms with Gasteiger partial charge in [0.25, 0.3) is 0 Å². The van der Waals surface area contributed by atoms with Crippen molar-refractivity contribution in [2.75, 3.05) is 0 Å². The van der Waals surface area contributed by atoms with Crippen LogP contribution in [0.15, 0.2) is 36.4 Å². The van der Waals surface area contributed by atoms with E-state index >= 15 is 0 Å². The van der Waals surface area contributed by atoms with Crippen molar-refractivity contribution in [1.29, 1.82) is 0 Å². The first-order valence-electron chi connectivity index (χ1n) is 4.97. The van der Waals surface area contributed by atoms with Gasteiger partial charge >= 0.3 is 0 Å².